The highest BCUT2D eigenvalue weighted by molar-refractivity contribution is 6.26. The number of aromatic nitrogens is 5. The fourth-order valence-corrected chi connectivity index (χ4v) is 9.08. The molecule has 0 spiro atoms. The summed E-state index contributed by atoms with van der Waals surface area (Å²) in [4.78, 5) is 15.8. The van der Waals surface area contributed by atoms with Crippen LogP contribution in [0.4, 0.5) is 0 Å². The van der Waals surface area contributed by atoms with Crippen molar-refractivity contribution >= 4 is 43.6 Å². The molecule has 0 atom stereocenters. The maximum atomic E-state index is 5.35. The summed E-state index contributed by atoms with van der Waals surface area (Å²) in [6.45, 7) is 0. The van der Waals surface area contributed by atoms with Gasteiger partial charge in [0.15, 0.2) is 11.6 Å². The molecular weight excluding hydrogens is 755 g/mol. The van der Waals surface area contributed by atoms with Gasteiger partial charge in [0.2, 0.25) is 5.95 Å². The summed E-state index contributed by atoms with van der Waals surface area (Å²) in [7, 11) is 0. The van der Waals surface area contributed by atoms with Gasteiger partial charge in [-0.05, 0) is 69.8 Å². The van der Waals surface area contributed by atoms with Crippen LogP contribution in [0, 0.1) is 0 Å². The van der Waals surface area contributed by atoms with Gasteiger partial charge in [0.05, 0.1) is 22.1 Å². The molecule has 0 fully saturated rings. The second-order valence-corrected chi connectivity index (χ2v) is 15.7. The van der Waals surface area contributed by atoms with Crippen molar-refractivity contribution in [2.75, 3.05) is 0 Å². The molecule has 290 valence electrons. The Hall–Kier alpha value is -8.41. The molecule has 5 nitrogen and oxygen atoms in total. The first-order valence-electron chi connectivity index (χ1n) is 20.9. The van der Waals surface area contributed by atoms with Crippen LogP contribution in [0.2, 0.25) is 0 Å². The van der Waals surface area contributed by atoms with Crippen molar-refractivity contribution in [3.05, 3.63) is 224 Å². The minimum Gasteiger partial charge on any atom is -0.309 e. The Morgan fingerprint density at radius 2 is 0.710 bits per heavy atom. The number of nitrogens with zero attached hydrogens (tertiary/aromatic N) is 5. The van der Waals surface area contributed by atoms with E-state index in [2.05, 4.69) is 209 Å². The molecule has 12 aromatic rings. The van der Waals surface area contributed by atoms with Crippen molar-refractivity contribution in [1.82, 2.24) is 24.1 Å². The van der Waals surface area contributed by atoms with Crippen LogP contribution in [0.15, 0.2) is 224 Å². The smallest absolute Gasteiger partial charge is 0.238 e. The second-order valence-electron chi connectivity index (χ2n) is 15.7. The average Bonchev–Trinajstić information content (AvgIpc) is 3.88. The maximum absolute atomic E-state index is 5.35. The molecule has 0 aliphatic heterocycles. The lowest BCUT2D eigenvalue weighted by molar-refractivity contribution is 0.955. The molecule has 62 heavy (non-hydrogen) atoms. The lowest BCUT2D eigenvalue weighted by Crippen LogP contribution is -2.06. The van der Waals surface area contributed by atoms with Crippen molar-refractivity contribution in [3.63, 3.8) is 0 Å². The van der Waals surface area contributed by atoms with Gasteiger partial charge < -0.3 is 4.57 Å². The van der Waals surface area contributed by atoms with Gasteiger partial charge in [-0.1, -0.05) is 188 Å². The summed E-state index contributed by atoms with van der Waals surface area (Å²) in [5.74, 6) is 1.79. The van der Waals surface area contributed by atoms with Gasteiger partial charge in [-0.25, -0.2) is 4.98 Å². The topological polar surface area (TPSA) is 48.5 Å². The van der Waals surface area contributed by atoms with Crippen molar-refractivity contribution in [3.8, 4) is 67.8 Å². The highest BCUT2D eigenvalue weighted by Gasteiger charge is 2.23. The maximum Gasteiger partial charge on any atom is 0.238 e. The third-order valence-electron chi connectivity index (χ3n) is 12.0. The molecule has 0 unspecified atom stereocenters. The molecule has 9 aromatic carbocycles. The molecule has 3 aromatic heterocycles. The van der Waals surface area contributed by atoms with Gasteiger partial charge in [0.1, 0.15) is 0 Å². The lowest BCUT2D eigenvalue weighted by atomic mass is 9.98. The van der Waals surface area contributed by atoms with Gasteiger partial charge in [-0.2, -0.15) is 9.97 Å². The van der Waals surface area contributed by atoms with E-state index in [1.54, 1.807) is 0 Å². The van der Waals surface area contributed by atoms with E-state index in [0.717, 1.165) is 82.7 Å². The van der Waals surface area contributed by atoms with E-state index < -0.39 is 0 Å². The first-order valence-corrected chi connectivity index (χ1v) is 20.9. The zero-order valence-electron chi connectivity index (χ0n) is 33.6. The molecule has 0 aliphatic carbocycles. The van der Waals surface area contributed by atoms with Crippen LogP contribution in [0.3, 0.4) is 0 Å². The highest BCUT2D eigenvalue weighted by Crippen LogP contribution is 2.43. The Balaban J connectivity index is 1.14. The molecule has 12 rings (SSSR count). The quantitative estimate of drug-likeness (QED) is 0.162. The van der Waals surface area contributed by atoms with Crippen molar-refractivity contribution in [2.45, 2.75) is 0 Å². The van der Waals surface area contributed by atoms with Crippen molar-refractivity contribution in [1.29, 1.82) is 0 Å². The predicted octanol–water partition coefficient (Wildman–Crippen LogP) is 14.4. The fourth-order valence-electron chi connectivity index (χ4n) is 9.08. The zero-order valence-corrected chi connectivity index (χ0v) is 33.6. The molecule has 5 heteroatoms. The standard InChI is InChI=1S/C57H37N5/c1-5-17-38(18-6-1)41-29-31-43(32-30-41)56-58-55(42-23-11-4-12-24-42)59-57(60-56)62-50-27-15-13-25-47(50)48-33-34-52-53(54(48)62)49-26-14-16-28-51(49)61(52)46-36-44(39-19-7-2-8-20-39)35-45(37-46)40-21-9-3-10-22-40/h1-37H. The monoisotopic (exact) mass is 791 g/mol. The number of benzene rings is 9. The van der Waals surface area contributed by atoms with Gasteiger partial charge in [0, 0.05) is 38.4 Å². The molecule has 0 saturated heterocycles. The van der Waals surface area contributed by atoms with Crippen LogP contribution in [0.25, 0.3) is 111 Å². The van der Waals surface area contributed by atoms with Crippen molar-refractivity contribution in [2.24, 2.45) is 0 Å². The first kappa shape index (κ1) is 35.5. The molecule has 3 heterocycles. The minimum absolute atomic E-state index is 0.564. The van der Waals surface area contributed by atoms with E-state index >= 15 is 0 Å². The van der Waals surface area contributed by atoms with Gasteiger partial charge >= 0.3 is 0 Å². The Morgan fingerprint density at radius 3 is 1.29 bits per heavy atom. The molecular formula is C57H37N5. The van der Waals surface area contributed by atoms with Crippen LogP contribution < -0.4 is 0 Å². The third-order valence-corrected chi connectivity index (χ3v) is 12.0. The van der Waals surface area contributed by atoms with Gasteiger partial charge in [-0.3, -0.25) is 4.57 Å². The Kier molecular flexibility index (Phi) is 8.42. The van der Waals surface area contributed by atoms with Crippen LogP contribution in [-0.4, -0.2) is 24.1 Å². The molecule has 0 amide bonds. The Morgan fingerprint density at radius 1 is 0.274 bits per heavy atom. The number of hydrogen-bond acceptors (Lipinski definition) is 3. The van der Waals surface area contributed by atoms with E-state index in [1.807, 2.05) is 24.3 Å². The fraction of sp³-hybridized carbons (Fsp3) is 0. The summed E-state index contributed by atoms with van der Waals surface area (Å²) in [6.07, 6.45) is 0. The Bertz CT molecular complexity index is 3540. The first-order chi connectivity index (χ1) is 30.7. The molecule has 0 N–H and O–H groups in total. The number of hydrogen-bond donors (Lipinski definition) is 0. The van der Waals surface area contributed by atoms with Crippen LogP contribution in [0.5, 0.6) is 0 Å². The predicted molar refractivity (Wildman–Crippen MR) is 256 cm³/mol. The summed E-state index contributed by atoms with van der Waals surface area (Å²) in [6, 6.07) is 79.3. The van der Waals surface area contributed by atoms with E-state index in [0.29, 0.717) is 17.6 Å². The zero-order chi connectivity index (χ0) is 41.0. The number of para-hydroxylation sites is 2. The van der Waals surface area contributed by atoms with E-state index in [9.17, 15) is 0 Å². The summed E-state index contributed by atoms with van der Waals surface area (Å²) in [5, 5.41) is 4.55. The largest absolute Gasteiger partial charge is 0.309 e. The van der Waals surface area contributed by atoms with E-state index in [1.165, 1.54) is 11.1 Å². The summed E-state index contributed by atoms with van der Waals surface area (Å²) in [5.41, 5.74) is 14.2. The number of fused-ring (bicyclic) bond motifs is 7. The summed E-state index contributed by atoms with van der Waals surface area (Å²) >= 11 is 0. The minimum atomic E-state index is 0.564. The Labute approximate surface area is 358 Å². The molecule has 0 radical (unpaired) electrons. The lowest BCUT2D eigenvalue weighted by Gasteiger charge is -2.14. The highest BCUT2D eigenvalue weighted by atomic mass is 15.2. The van der Waals surface area contributed by atoms with Gasteiger partial charge in [-0.15, -0.1) is 0 Å². The van der Waals surface area contributed by atoms with Gasteiger partial charge in [0.25, 0.3) is 0 Å². The third kappa shape index (κ3) is 5.98. The number of rotatable bonds is 7. The van der Waals surface area contributed by atoms with Crippen LogP contribution >= 0.6 is 0 Å². The molecule has 0 saturated carbocycles. The van der Waals surface area contributed by atoms with E-state index in [4.69, 9.17) is 15.0 Å². The molecule has 0 aliphatic rings. The van der Waals surface area contributed by atoms with Crippen LogP contribution in [-0.2, 0) is 0 Å². The average molecular weight is 792 g/mol. The van der Waals surface area contributed by atoms with Crippen molar-refractivity contribution < 1.29 is 0 Å². The second kappa shape index (κ2) is 14.7. The summed E-state index contributed by atoms with van der Waals surface area (Å²) < 4.78 is 4.68. The van der Waals surface area contributed by atoms with Crippen LogP contribution in [0.1, 0.15) is 0 Å². The molecule has 0 bridgehead atoms. The normalized spacial score (nSPS) is 11.5. The van der Waals surface area contributed by atoms with E-state index in [-0.39, 0.29) is 0 Å². The SMILES string of the molecule is c1ccc(-c2ccc(-c3nc(-c4ccccc4)nc(-n4c5ccccc5c5ccc6c(c7ccccc7n6-c6cc(-c7ccccc7)cc(-c7ccccc7)c6)c54)n3)cc2)cc1.